The zero-order chi connectivity index (χ0) is 26.7. The van der Waals surface area contributed by atoms with Crippen LogP contribution in [0.25, 0.3) is 28.7 Å². The molecule has 0 saturated carbocycles. The van der Waals surface area contributed by atoms with Gasteiger partial charge in [-0.25, -0.2) is 9.50 Å². The molecule has 0 aliphatic rings. The number of fused-ring (bicyclic) bond motifs is 1. The number of amides is 1. The van der Waals surface area contributed by atoms with Crippen molar-refractivity contribution >= 4 is 40.6 Å². The van der Waals surface area contributed by atoms with E-state index >= 15 is 0 Å². The fraction of sp³-hybridized carbons (Fsp3) is 0.200. The number of allylic oxidation sites excluding steroid dienone is 1. The van der Waals surface area contributed by atoms with Crippen molar-refractivity contribution < 1.29 is 9.59 Å². The minimum atomic E-state index is -0.491. The van der Waals surface area contributed by atoms with Crippen LogP contribution in [0.2, 0.25) is 0 Å². The van der Waals surface area contributed by atoms with Gasteiger partial charge in [-0.1, -0.05) is 63.8 Å². The average Bonchev–Trinajstić information content (AvgIpc) is 3.27. The maximum Gasteiger partial charge on any atom is 0.229 e. The quantitative estimate of drug-likeness (QED) is 0.292. The van der Waals surface area contributed by atoms with Crippen molar-refractivity contribution in [2.75, 3.05) is 10.6 Å². The molecule has 0 aliphatic heterocycles. The number of anilines is 2. The Labute approximate surface area is 216 Å². The van der Waals surface area contributed by atoms with Crippen LogP contribution >= 0.6 is 0 Å². The lowest BCUT2D eigenvalue weighted by Crippen LogP contribution is -2.27. The van der Waals surface area contributed by atoms with Gasteiger partial charge in [0.1, 0.15) is 0 Å². The minimum Gasteiger partial charge on any atom is -0.339 e. The molecule has 7 nitrogen and oxygen atoms in total. The number of carbonyl (C=O) groups is 2. The largest absolute Gasteiger partial charge is 0.339 e. The number of aromatic nitrogens is 3. The Bertz CT molecular complexity index is 1540. The SMILES string of the molecule is C=C(Nc1ccc2nc(-c3ccc(C)c(NC(=O)C(C)(C)C)c3)cn2n1)c1cccc(/C=C/C(C)=O)c1. The highest BCUT2D eigenvalue weighted by Gasteiger charge is 2.22. The van der Waals surface area contributed by atoms with Crippen molar-refractivity contribution in [2.24, 2.45) is 5.41 Å². The first-order valence-electron chi connectivity index (χ1n) is 12.0. The summed E-state index contributed by atoms with van der Waals surface area (Å²) in [6, 6.07) is 17.4. The molecule has 7 heteroatoms. The van der Waals surface area contributed by atoms with Gasteiger partial charge in [-0.2, -0.15) is 0 Å². The first-order chi connectivity index (χ1) is 17.5. The van der Waals surface area contributed by atoms with E-state index in [1.54, 1.807) is 10.6 Å². The Kier molecular flexibility index (Phi) is 7.07. The molecule has 0 bridgehead atoms. The van der Waals surface area contributed by atoms with Crippen LogP contribution in [0.15, 0.2) is 73.4 Å². The van der Waals surface area contributed by atoms with Crippen LogP contribution in [0.4, 0.5) is 11.5 Å². The van der Waals surface area contributed by atoms with Gasteiger partial charge < -0.3 is 10.6 Å². The number of hydrogen-bond donors (Lipinski definition) is 2. The van der Waals surface area contributed by atoms with Crippen LogP contribution in [0.1, 0.15) is 44.4 Å². The van der Waals surface area contributed by atoms with Crippen LogP contribution in [0.3, 0.4) is 0 Å². The van der Waals surface area contributed by atoms with Gasteiger partial charge in [-0.15, -0.1) is 5.10 Å². The van der Waals surface area contributed by atoms with Gasteiger partial charge in [0, 0.05) is 22.4 Å². The van der Waals surface area contributed by atoms with Crippen molar-refractivity contribution in [3.63, 3.8) is 0 Å². The number of nitrogens with zero attached hydrogens (tertiary/aromatic N) is 3. The summed E-state index contributed by atoms with van der Waals surface area (Å²) < 4.78 is 1.71. The van der Waals surface area contributed by atoms with E-state index in [2.05, 4.69) is 22.3 Å². The highest BCUT2D eigenvalue weighted by molar-refractivity contribution is 5.95. The smallest absolute Gasteiger partial charge is 0.229 e. The molecule has 0 aliphatic carbocycles. The van der Waals surface area contributed by atoms with Crippen molar-refractivity contribution in [1.29, 1.82) is 0 Å². The van der Waals surface area contributed by atoms with Crippen LogP contribution < -0.4 is 10.6 Å². The second kappa shape index (κ2) is 10.2. The van der Waals surface area contributed by atoms with Gasteiger partial charge in [-0.05, 0) is 60.9 Å². The van der Waals surface area contributed by atoms with Crippen molar-refractivity contribution in [2.45, 2.75) is 34.6 Å². The molecule has 0 saturated heterocycles. The summed E-state index contributed by atoms with van der Waals surface area (Å²) in [5, 5.41) is 10.9. The van der Waals surface area contributed by atoms with E-state index in [1.165, 1.54) is 13.0 Å². The molecule has 4 aromatic rings. The average molecular weight is 494 g/mol. The number of hydrogen-bond acceptors (Lipinski definition) is 5. The summed E-state index contributed by atoms with van der Waals surface area (Å²) in [6.45, 7) is 13.3. The van der Waals surface area contributed by atoms with Crippen LogP contribution in [-0.4, -0.2) is 26.3 Å². The summed E-state index contributed by atoms with van der Waals surface area (Å²) in [6.07, 6.45) is 5.18. The number of rotatable bonds is 7. The van der Waals surface area contributed by atoms with E-state index in [1.807, 2.05) is 88.5 Å². The summed E-state index contributed by atoms with van der Waals surface area (Å²) >= 11 is 0. The number of carbonyl (C=O) groups excluding carboxylic acids is 2. The first kappa shape index (κ1) is 25.6. The number of aryl methyl sites for hydroxylation is 1. The topological polar surface area (TPSA) is 88.4 Å². The highest BCUT2D eigenvalue weighted by atomic mass is 16.2. The van der Waals surface area contributed by atoms with Gasteiger partial charge in [-0.3, -0.25) is 9.59 Å². The van der Waals surface area contributed by atoms with E-state index in [9.17, 15) is 9.59 Å². The zero-order valence-electron chi connectivity index (χ0n) is 21.8. The minimum absolute atomic E-state index is 0.00363. The van der Waals surface area contributed by atoms with Gasteiger partial charge >= 0.3 is 0 Å². The Balaban J connectivity index is 1.55. The Morgan fingerprint density at radius 3 is 2.54 bits per heavy atom. The molecule has 0 unspecified atom stereocenters. The molecule has 4 rings (SSSR count). The van der Waals surface area contributed by atoms with Crippen molar-refractivity contribution in [3.05, 3.63) is 90.1 Å². The molecule has 0 fully saturated rings. The molecule has 37 heavy (non-hydrogen) atoms. The van der Waals surface area contributed by atoms with Crippen LogP contribution in [-0.2, 0) is 9.59 Å². The fourth-order valence-electron chi connectivity index (χ4n) is 3.58. The number of ketones is 1. The maximum absolute atomic E-state index is 12.5. The molecular weight excluding hydrogens is 462 g/mol. The number of imidazole rings is 1. The van der Waals surface area contributed by atoms with E-state index in [-0.39, 0.29) is 11.7 Å². The van der Waals surface area contributed by atoms with Gasteiger partial charge in [0.05, 0.1) is 11.9 Å². The van der Waals surface area contributed by atoms with E-state index in [4.69, 9.17) is 4.98 Å². The van der Waals surface area contributed by atoms with E-state index in [0.717, 1.165) is 33.6 Å². The Hall–Kier alpha value is -4.52. The maximum atomic E-state index is 12.5. The predicted molar refractivity (Wildman–Crippen MR) is 150 cm³/mol. The standard InChI is InChI=1S/C30H31N5O2/c1-19-10-13-24(17-25(19)33-29(37)30(4,5)6)26-18-35-28(32-26)15-14-27(34-35)31-21(3)23-9-7-8-22(16-23)12-11-20(2)36/h7-18H,3H2,1-2,4-6H3,(H,31,34)(H,33,37)/b12-11+. The molecule has 188 valence electrons. The Morgan fingerprint density at radius 1 is 1.03 bits per heavy atom. The molecule has 2 aromatic carbocycles. The second-order valence-electron chi connectivity index (χ2n) is 10.1. The second-order valence-corrected chi connectivity index (χ2v) is 10.1. The van der Waals surface area contributed by atoms with Gasteiger partial charge in [0.25, 0.3) is 0 Å². The third-order valence-electron chi connectivity index (χ3n) is 5.81. The summed E-state index contributed by atoms with van der Waals surface area (Å²) in [4.78, 5) is 28.5. The normalized spacial score (nSPS) is 11.6. The van der Waals surface area contributed by atoms with E-state index < -0.39 is 5.41 Å². The molecule has 0 atom stereocenters. The third-order valence-corrected chi connectivity index (χ3v) is 5.81. The van der Waals surface area contributed by atoms with Gasteiger partial charge in [0.2, 0.25) is 5.91 Å². The lowest BCUT2D eigenvalue weighted by molar-refractivity contribution is -0.123. The molecule has 2 heterocycles. The molecule has 2 N–H and O–H groups in total. The predicted octanol–water partition coefficient (Wildman–Crippen LogP) is 6.37. The summed E-state index contributed by atoms with van der Waals surface area (Å²) in [5.41, 5.74) is 6.07. The van der Waals surface area contributed by atoms with E-state index in [0.29, 0.717) is 17.2 Å². The highest BCUT2D eigenvalue weighted by Crippen LogP contribution is 2.27. The Morgan fingerprint density at radius 2 is 1.81 bits per heavy atom. The number of nitrogens with one attached hydrogen (secondary N) is 2. The van der Waals surface area contributed by atoms with Crippen molar-refractivity contribution in [3.8, 4) is 11.3 Å². The van der Waals surface area contributed by atoms with Crippen LogP contribution in [0, 0.1) is 12.3 Å². The molecule has 1 amide bonds. The molecule has 2 aromatic heterocycles. The summed E-state index contributed by atoms with van der Waals surface area (Å²) in [5.74, 6) is 0.574. The first-order valence-corrected chi connectivity index (χ1v) is 12.0. The van der Waals surface area contributed by atoms with Crippen LogP contribution in [0.5, 0.6) is 0 Å². The fourth-order valence-corrected chi connectivity index (χ4v) is 3.58. The number of benzene rings is 2. The third kappa shape index (κ3) is 6.19. The lowest BCUT2D eigenvalue weighted by atomic mass is 9.95. The monoisotopic (exact) mass is 493 g/mol. The molecule has 0 spiro atoms. The molecule has 0 radical (unpaired) electrons. The zero-order valence-corrected chi connectivity index (χ0v) is 21.8. The van der Waals surface area contributed by atoms with Crippen molar-refractivity contribution in [1.82, 2.24) is 14.6 Å². The molecular formula is C30H31N5O2. The van der Waals surface area contributed by atoms with Gasteiger partial charge in [0.15, 0.2) is 17.2 Å². The summed E-state index contributed by atoms with van der Waals surface area (Å²) in [7, 11) is 0. The lowest BCUT2D eigenvalue weighted by Gasteiger charge is -2.19.